The van der Waals surface area contributed by atoms with E-state index >= 15 is 0 Å². The fourth-order valence-electron chi connectivity index (χ4n) is 2.04. The molecular formula is C15H28N2O3S. The van der Waals surface area contributed by atoms with Gasteiger partial charge in [-0.1, -0.05) is 6.42 Å². The van der Waals surface area contributed by atoms with E-state index in [-0.39, 0.29) is 5.91 Å². The van der Waals surface area contributed by atoms with E-state index in [4.69, 9.17) is 4.74 Å². The van der Waals surface area contributed by atoms with Crippen molar-refractivity contribution in [3.05, 3.63) is 0 Å². The largest absolute Gasteiger partial charge is 0.444 e. The summed E-state index contributed by atoms with van der Waals surface area (Å²) < 4.78 is 5.12. The average Bonchev–Trinajstić information content (AvgIpc) is 2.40. The second kappa shape index (κ2) is 9.18. The van der Waals surface area contributed by atoms with E-state index in [2.05, 4.69) is 10.6 Å². The lowest BCUT2D eigenvalue weighted by atomic mass is 10.2. The van der Waals surface area contributed by atoms with Crippen LogP contribution in [0.3, 0.4) is 0 Å². The van der Waals surface area contributed by atoms with Crippen LogP contribution in [-0.2, 0) is 9.53 Å². The predicted octanol–water partition coefficient (Wildman–Crippen LogP) is 2.69. The van der Waals surface area contributed by atoms with Crippen LogP contribution in [0.1, 0.15) is 52.9 Å². The highest BCUT2D eigenvalue weighted by Gasteiger charge is 2.16. The summed E-state index contributed by atoms with van der Waals surface area (Å²) in [6.07, 6.45) is 4.40. The number of nitrogens with one attached hydrogen (secondary N) is 2. The highest BCUT2D eigenvalue weighted by atomic mass is 32.2. The van der Waals surface area contributed by atoms with Gasteiger partial charge in [0.05, 0.1) is 0 Å². The number of thioether (sulfide) groups is 1. The number of hydrogen-bond donors (Lipinski definition) is 2. The molecule has 0 aromatic heterocycles. The number of carbonyl (C=O) groups excluding carboxylic acids is 2. The summed E-state index contributed by atoms with van der Waals surface area (Å²) in [6.45, 7) is 6.69. The molecule has 122 valence electrons. The Hall–Kier alpha value is -0.910. The quantitative estimate of drug-likeness (QED) is 0.739. The molecule has 2 N–H and O–H groups in total. The highest BCUT2D eigenvalue weighted by molar-refractivity contribution is 7.99. The molecule has 6 heteroatoms. The fraction of sp³-hybridized carbons (Fsp3) is 0.867. The van der Waals surface area contributed by atoms with Gasteiger partial charge in [0.2, 0.25) is 5.91 Å². The second-order valence-corrected chi connectivity index (χ2v) is 7.73. The molecule has 0 radical (unpaired) electrons. The Bertz CT molecular complexity index is 336. The second-order valence-electron chi connectivity index (χ2n) is 6.32. The third-order valence-electron chi connectivity index (χ3n) is 3.05. The number of ether oxygens (including phenoxy) is 1. The van der Waals surface area contributed by atoms with E-state index in [0.717, 1.165) is 6.54 Å². The Labute approximate surface area is 132 Å². The molecular weight excluding hydrogens is 288 g/mol. The predicted molar refractivity (Wildman–Crippen MR) is 86.6 cm³/mol. The smallest absolute Gasteiger partial charge is 0.407 e. The van der Waals surface area contributed by atoms with Crippen LogP contribution < -0.4 is 10.6 Å². The van der Waals surface area contributed by atoms with Gasteiger partial charge in [0.1, 0.15) is 5.60 Å². The van der Waals surface area contributed by atoms with Crippen molar-refractivity contribution < 1.29 is 14.3 Å². The van der Waals surface area contributed by atoms with E-state index in [0.29, 0.717) is 24.6 Å². The van der Waals surface area contributed by atoms with Crippen molar-refractivity contribution >= 4 is 23.8 Å². The number of rotatable bonds is 6. The first-order valence-corrected chi connectivity index (χ1v) is 8.77. The van der Waals surface area contributed by atoms with Crippen LogP contribution in [0.25, 0.3) is 0 Å². The van der Waals surface area contributed by atoms with Crippen molar-refractivity contribution in [3.8, 4) is 0 Å². The Kier molecular flexibility index (Phi) is 7.93. The van der Waals surface area contributed by atoms with Gasteiger partial charge in [-0.25, -0.2) is 4.79 Å². The van der Waals surface area contributed by atoms with Gasteiger partial charge in [-0.15, -0.1) is 0 Å². The Morgan fingerprint density at radius 3 is 2.62 bits per heavy atom. The molecule has 5 nitrogen and oxygen atoms in total. The molecule has 1 unspecified atom stereocenters. The average molecular weight is 316 g/mol. The van der Waals surface area contributed by atoms with Crippen LogP contribution in [0, 0.1) is 0 Å². The van der Waals surface area contributed by atoms with Gasteiger partial charge >= 0.3 is 6.09 Å². The Balaban J connectivity index is 2.01. The fourth-order valence-corrected chi connectivity index (χ4v) is 3.28. The van der Waals surface area contributed by atoms with Gasteiger partial charge in [-0.2, -0.15) is 11.8 Å². The first-order valence-electron chi connectivity index (χ1n) is 7.72. The van der Waals surface area contributed by atoms with Gasteiger partial charge in [0.25, 0.3) is 0 Å². The zero-order chi connectivity index (χ0) is 15.7. The van der Waals surface area contributed by atoms with Crippen molar-refractivity contribution in [2.45, 2.75) is 63.7 Å². The molecule has 0 spiro atoms. The molecule has 1 aliphatic heterocycles. The Morgan fingerprint density at radius 2 is 2.00 bits per heavy atom. The van der Waals surface area contributed by atoms with Gasteiger partial charge in [0, 0.05) is 24.8 Å². The number of amides is 2. The lowest BCUT2D eigenvalue weighted by Gasteiger charge is -2.21. The molecule has 1 aliphatic rings. The van der Waals surface area contributed by atoms with Crippen LogP contribution in [0.5, 0.6) is 0 Å². The maximum atomic E-state index is 11.7. The topological polar surface area (TPSA) is 67.4 Å². The minimum absolute atomic E-state index is 0.0622. The normalized spacial score (nSPS) is 18.9. The van der Waals surface area contributed by atoms with Crippen molar-refractivity contribution in [1.82, 2.24) is 10.6 Å². The zero-order valence-corrected chi connectivity index (χ0v) is 14.2. The zero-order valence-electron chi connectivity index (χ0n) is 13.4. The van der Waals surface area contributed by atoms with Gasteiger partial charge < -0.3 is 15.4 Å². The number of carbonyl (C=O) groups is 2. The van der Waals surface area contributed by atoms with Crippen LogP contribution in [0.15, 0.2) is 0 Å². The molecule has 2 amide bonds. The standard InChI is InChI=1S/C15H28N2O3S/c1-15(2,3)20-14(19)16-9-6-8-13(18)17-11-12-7-4-5-10-21-12/h12H,4-11H2,1-3H3,(H,16,19)(H,17,18). The Morgan fingerprint density at radius 1 is 1.24 bits per heavy atom. The van der Waals surface area contributed by atoms with Crippen molar-refractivity contribution in [2.24, 2.45) is 0 Å². The molecule has 1 saturated heterocycles. The molecule has 21 heavy (non-hydrogen) atoms. The highest BCUT2D eigenvalue weighted by Crippen LogP contribution is 2.24. The van der Waals surface area contributed by atoms with Crippen LogP contribution >= 0.6 is 11.8 Å². The first kappa shape index (κ1) is 18.1. The summed E-state index contributed by atoms with van der Waals surface area (Å²) in [5.41, 5.74) is -0.487. The van der Waals surface area contributed by atoms with Gasteiger partial charge in [-0.05, 0) is 45.8 Å². The molecule has 1 rings (SSSR count). The molecule has 0 aromatic carbocycles. The molecule has 0 aliphatic carbocycles. The lowest BCUT2D eigenvalue weighted by Crippen LogP contribution is -2.34. The van der Waals surface area contributed by atoms with E-state index < -0.39 is 11.7 Å². The van der Waals surface area contributed by atoms with E-state index in [1.807, 2.05) is 32.5 Å². The minimum atomic E-state index is -0.487. The van der Waals surface area contributed by atoms with E-state index in [1.165, 1.54) is 25.0 Å². The van der Waals surface area contributed by atoms with Crippen LogP contribution in [0.2, 0.25) is 0 Å². The maximum absolute atomic E-state index is 11.7. The monoisotopic (exact) mass is 316 g/mol. The summed E-state index contributed by atoms with van der Waals surface area (Å²) in [5, 5.41) is 6.20. The summed E-state index contributed by atoms with van der Waals surface area (Å²) >= 11 is 1.95. The SMILES string of the molecule is CC(C)(C)OC(=O)NCCCC(=O)NCC1CCCCS1. The molecule has 0 saturated carbocycles. The van der Waals surface area contributed by atoms with Crippen molar-refractivity contribution in [3.63, 3.8) is 0 Å². The van der Waals surface area contributed by atoms with Gasteiger partial charge in [-0.3, -0.25) is 4.79 Å². The maximum Gasteiger partial charge on any atom is 0.407 e. The van der Waals surface area contributed by atoms with E-state index in [1.54, 1.807) is 0 Å². The summed E-state index contributed by atoms with van der Waals surface area (Å²) in [6, 6.07) is 0. The van der Waals surface area contributed by atoms with Crippen LogP contribution in [-0.4, -0.2) is 41.7 Å². The van der Waals surface area contributed by atoms with Crippen molar-refractivity contribution in [2.75, 3.05) is 18.8 Å². The molecule has 1 heterocycles. The van der Waals surface area contributed by atoms with Crippen LogP contribution in [0.4, 0.5) is 4.79 Å². The third-order valence-corrected chi connectivity index (χ3v) is 4.45. The van der Waals surface area contributed by atoms with Gasteiger partial charge in [0.15, 0.2) is 0 Å². The van der Waals surface area contributed by atoms with E-state index in [9.17, 15) is 9.59 Å². The minimum Gasteiger partial charge on any atom is -0.444 e. The summed E-state index contributed by atoms with van der Waals surface area (Å²) in [7, 11) is 0. The molecule has 1 fully saturated rings. The molecule has 0 aromatic rings. The third kappa shape index (κ3) is 9.61. The number of alkyl carbamates (subject to hydrolysis) is 1. The lowest BCUT2D eigenvalue weighted by molar-refractivity contribution is -0.121. The molecule has 1 atom stereocenters. The number of hydrogen-bond acceptors (Lipinski definition) is 4. The van der Waals surface area contributed by atoms with Crippen molar-refractivity contribution in [1.29, 1.82) is 0 Å². The summed E-state index contributed by atoms with van der Waals surface area (Å²) in [4.78, 5) is 23.1. The molecule has 0 bridgehead atoms. The summed E-state index contributed by atoms with van der Waals surface area (Å²) in [5.74, 6) is 1.27. The first-order chi connectivity index (χ1) is 9.87.